The van der Waals surface area contributed by atoms with Gasteiger partial charge in [0.15, 0.2) is 4.34 Å². The van der Waals surface area contributed by atoms with Crippen molar-refractivity contribution in [3.8, 4) is 5.75 Å². The molecule has 0 radical (unpaired) electrons. The predicted molar refractivity (Wildman–Crippen MR) is 88.0 cm³/mol. The Kier molecular flexibility index (Phi) is 6.28. The fraction of sp³-hybridized carbons (Fsp3) is 0.429. The summed E-state index contributed by atoms with van der Waals surface area (Å²) in [5.74, 6) is 1.66. The van der Waals surface area contributed by atoms with Gasteiger partial charge in [-0.25, -0.2) is 0 Å². The van der Waals surface area contributed by atoms with Gasteiger partial charge in [0, 0.05) is 5.75 Å². The second kappa shape index (κ2) is 8.21. The Morgan fingerprint density at radius 3 is 2.86 bits per heavy atom. The number of hydrogen-bond donors (Lipinski definition) is 1. The summed E-state index contributed by atoms with van der Waals surface area (Å²) in [6.45, 7) is 4.78. The predicted octanol–water partition coefficient (Wildman–Crippen LogP) is 3.81. The quantitative estimate of drug-likeness (QED) is 0.588. The summed E-state index contributed by atoms with van der Waals surface area (Å²) in [6, 6.07) is 7.73. The number of rotatable bonds is 8. The maximum absolute atomic E-state index is 5.50. The van der Waals surface area contributed by atoms with E-state index >= 15 is 0 Å². The van der Waals surface area contributed by atoms with Crippen molar-refractivity contribution in [1.82, 2.24) is 10.2 Å². The van der Waals surface area contributed by atoms with Gasteiger partial charge in [-0.3, -0.25) is 0 Å². The van der Waals surface area contributed by atoms with Crippen LogP contribution in [0, 0.1) is 0 Å². The van der Waals surface area contributed by atoms with E-state index in [2.05, 4.69) is 15.5 Å². The molecule has 1 aromatic heterocycles. The molecule has 0 aliphatic carbocycles. The molecule has 2 aromatic rings. The molecule has 0 unspecified atom stereocenters. The lowest BCUT2D eigenvalue weighted by molar-refractivity contribution is 0.0920. The van der Waals surface area contributed by atoms with E-state index in [9.17, 15) is 0 Å². The maximum atomic E-state index is 5.50. The Morgan fingerprint density at radius 2 is 2.10 bits per heavy atom. The van der Waals surface area contributed by atoms with Crippen LogP contribution >= 0.6 is 23.1 Å². The summed E-state index contributed by atoms with van der Waals surface area (Å²) in [5.41, 5.74) is 0.885. The van der Waals surface area contributed by atoms with E-state index in [4.69, 9.17) is 9.47 Å². The van der Waals surface area contributed by atoms with Gasteiger partial charge in [0.2, 0.25) is 5.13 Å². The van der Waals surface area contributed by atoms with Crippen LogP contribution in [-0.2, 0) is 4.74 Å². The highest BCUT2D eigenvalue weighted by atomic mass is 32.2. The molecule has 0 bridgehead atoms. The standard InChI is InChI=1S/C14H19N3O2S2/c1-10(2)19-8-9-20-14-17-16-13(21-14)15-11-6-4-5-7-12(11)18-3/h4-7,10H,8-9H2,1-3H3,(H,15,16). The van der Waals surface area contributed by atoms with Gasteiger partial charge in [0.1, 0.15) is 5.75 Å². The number of aromatic nitrogens is 2. The third-order valence-corrected chi connectivity index (χ3v) is 4.45. The van der Waals surface area contributed by atoms with Gasteiger partial charge in [0.05, 0.1) is 25.5 Å². The van der Waals surface area contributed by atoms with E-state index in [0.717, 1.165) is 33.3 Å². The zero-order chi connectivity index (χ0) is 15.1. The second-order valence-electron chi connectivity index (χ2n) is 4.47. The molecule has 0 atom stereocenters. The molecule has 7 heteroatoms. The molecule has 0 saturated heterocycles. The number of benzene rings is 1. The number of nitrogens with zero attached hydrogens (tertiary/aromatic N) is 2. The fourth-order valence-corrected chi connectivity index (χ4v) is 3.26. The number of para-hydroxylation sites is 2. The molecule has 2 rings (SSSR count). The summed E-state index contributed by atoms with van der Waals surface area (Å²) >= 11 is 3.18. The van der Waals surface area contributed by atoms with Crippen LogP contribution in [0.3, 0.4) is 0 Å². The molecular weight excluding hydrogens is 306 g/mol. The second-order valence-corrected chi connectivity index (χ2v) is 6.79. The Labute approximate surface area is 133 Å². The number of ether oxygens (including phenoxy) is 2. The van der Waals surface area contributed by atoms with Gasteiger partial charge in [0.25, 0.3) is 0 Å². The zero-order valence-electron chi connectivity index (χ0n) is 12.3. The van der Waals surface area contributed by atoms with E-state index in [1.165, 1.54) is 11.3 Å². The fourth-order valence-electron chi connectivity index (χ4n) is 1.59. The third-order valence-electron chi connectivity index (χ3n) is 2.52. The van der Waals surface area contributed by atoms with Gasteiger partial charge < -0.3 is 14.8 Å². The summed E-state index contributed by atoms with van der Waals surface area (Å²) in [6.07, 6.45) is 0.266. The van der Waals surface area contributed by atoms with Crippen LogP contribution in [0.2, 0.25) is 0 Å². The molecule has 1 N–H and O–H groups in total. The van der Waals surface area contributed by atoms with E-state index in [1.807, 2.05) is 38.1 Å². The normalized spacial score (nSPS) is 10.9. The van der Waals surface area contributed by atoms with Gasteiger partial charge >= 0.3 is 0 Å². The molecule has 0 aliphatic rings. The first-order valence-electron chi connectivity index (χ1n) is 6.67. The van der Waals surface area contributed by atoms with E-state index < -0.39 is 0 Å². The van der Waals surface area contributed by atoms with Crippen molar-refractivity contribution in [2.45, 2.75) is 24.3 Å². The summed E-state index contributed by atoms with van der Waals surface area (Å²) in [4.78, 5) is 0. The van der Waals surface area contributed by atoms with Crippen LogP contribution in [0.5, 0.6) is 5.75 Å². The van der Waals surface area contributed by atoms with Crippen molar-refractivity contribution < 1.29 is 9.47 Å². The number of thioether (sulfide) groups is 1. The average Bonchev–Trinajstić information content (AvgIpc) is 2.91. The zero-order valence-corrected chi connectivity index (χ0v) is 14.0. The van der Waals surface area contributed by atoms with Crippen LogP contribution in [0.15, 0.2) is 28.6 Å². The first kappa shape index (κ1) is 16.1. The molecule has 0 saturated carbocycles. The van der Waals surface area contributed by atoms with Crippen molar-refractivity contribution >= 4 is 33.9 Å². The van der Waals surface area contributed by atoms with Crippen LogP contribution in [0.4, 0.5) is 10.8 Å². The molecule has 114 valence electrons. The minimum atomic E-state index is 0.266. The minimum absolute atomic E-state index is 0.266. The number of anilines is 2. The van der Waals surface area contributed by atoms with Gasteiger partial charge in [-0.05, 0) is 26.0 Å². The number of nitrogens with one attached hydrogen (secondary N) is 1. The summed E-state index contributed by atoms with van der Waals surface area (Å²) < 4.78 is 11.7. The van der Waals surface area contributed by atoms with Gasteiger partial charge in [-0.1, -0.05) is 35.2 Å². The Bertz CT molecular complexity index is 561. The van der Waals surface area contributed by atoms with E-state index in [1.54, 1.807) is 18.9 Å². The van der Waals surface area contributed by atoms with E-state index in [-0.39, 0.29) is 6.10 Å². The SMILES string of the molecule is COc1ccccc1Nc1nnc(SCCOC(C)C)s1. The molecule has 5 nitrogen and oxygen atoms in total. The van der Waals surface area contributed by atoms with E-state index in [0.29, 0.717) is 0 Å². The third kappa shape index (κ3) is 5.18. The highest BCUT2D eigenvalue weighted by molar-refractivity contribution is 8.01. The van der Waals surface area contributed by atoms with Crippen LogP contribution < -0.4 is 10.1 Å². The molecule has 0 amide bonds. The van der Waals surface area contributed by atoms with Crippen LogP contribution in [0.1, 0.15) is 13.8 Å². The van der Waals surface area contributed by atoms with Crippen molar-refractivity contribution in [2.75, 3.05) is 24.8 Å². The molecule has 1 heterocycles. The molecule has 0 aliphatic heterocycles. The lowest BCUT2D eigenvalue weighted by Crippen LogP contribution is -2.05. The Morgan fingerprint density at radius 1 is 1.29 bits per heavy atom. The minimum Gasteiger partial charge on any atom is -0.495 e. The first-order chi connectivity index (χ1) is 10.2. The van der Waals surface area contributed by atoms with Crippen molar-refractivity contribution in [1.29, 1.82) is 0 Å². The lowest BCUT2D eigenvalue weighted by atomic mass is 10.3. The summed E-state index contributed by atoms with van der Waals surface area (Å²) in [7, 11) is 1.65. The molecule has 21 heavy (non-hydrogen) atoms. The highest BCUT2D eigenvalue weighted by Crippen LogP contribution is 2.31. The van der Waals surface area contributed by atoms with Crippen molar-refractivity contribution in [3.63, 3.8) is 0 Å². The molecular formula is C14H19N3O2S2. The van der Waals surface area contributed by atoms with Crippen molar-refractivity contribution in [2.24, 2.45) is 0 Å². The molecule has 1 aromatic carbocycles. The average molecular weight is 325 g/mol. The summed E-state index contributed by atoms with van der Waals surface area (Å²) in [5, 5.41) is 12.3. The lowest BCUT2D eigenvalue weighted by Gasteiger charge is -2.07. The van der Waals surface area contributed by atoms with Crippen LogP contribution in [-0.4, -0.2) is 35.8 Å². The Balaban J connectivity index is 1.88. The number of hydrogen-bond acceptors (Lipinski definition) is 7. The van der Waals surface area contributed by atoms with Gasteiger partial charge in [-0.2, -0.15) is 0 Å². The largest absolute Gasteiger partial charge is 0.495 e. The highest BCUT2D eigenvalue weighted by Gasteiger charge is 2.08. The first-order valence-corrected chi connectivity index (χ1v) is 8.47. The topological polar surface area (TPSA) is 56.3 Å². The maximum Gasteiger partial charge on any atom is 0.210 e. The van der Waals surface area contributed by atoms with Crippen LogP contribution in [0.25, 0.3) is 0 Å². The monoisotopic (exact) mass is 325 g/mol. The Hall–Kier alpha value is -1.31. The van der Waals surface area contributed by atoms with Gasteiger partial charge in [-0.15, -0.1) is 10.2 Å². The molecule has 0 fully saturated rings. The van der Waals surface area contributed by atoms with Crippen molar-refractivity contribution in [3.05, 3.63) is 24.3 Å². The smallest absolute Gasteiger partial charge is 0.210 e. The molecule has 0 spiro atoms. The number of methoxy groups -OCH3 is 1.